The second kappa shape index (κ2) is 9.42. The van der Waals surface area contributed by atoms with Gasteiger partial charge in [-0.3, -0.25) is 0 Å². The first kappa shape index (κ1) is 17.5. The number of hydrogen-bond donors (Lipinski definition) is 1. The lowest BCUT2D eigenvalue weighted by molar-refractivity contribution is 0.0635. The van der Waals surface area contributed by atoms with Crippen LogP contribution in [-0.2, 0) is 28.8 Å². The summed E-state index contributed by atoms with van der Waals surface area (Å²) < 4.78 is 41.4. The van der Waals surface area contributed by atoms with E-state index in [-0.39, 0.29) is 37.9 Å². The van der Waals surface area contributed by atoms with Gasteiger partial charge in [0.1, 0.15) is 13.2 Å². The van der Waals surface area contributed by atoms with Gasteiger partial charge in [-0.1, -0.05) is 0 Å². The van der Waals surface area contributed by atoms with E-state index < -0.39 is 22.1 Å². The van der Waals surface area contributed by atoms with Crippen LogP contribution in [0.25, 0.3) is 0 Å². The van der Waals surface area contributed by atoms with Gasteiger partial charge < -0.3 is 18.9 Å². The summed E-state index contributed by atoms with van der Waals surface area (Å²) in [6.45, 7) is 3.28. The molecule has 0 unspecified atom stereocenters. The van der Waals surface area contributed by atoms with E-state index in [9.17, 15) is 13.2 Å². The van der Waals surface area contributed by atoms with Crippen LogP contribution in [0.2, 0.25) is 0 Å². The Hall–Kier alpha value is -1.51. The normalized spacial score (nSPS) is 10.6. The molecule has 0 aromatic carbocycles. The van der Waals surface area contributed by atoms with Gasteiger partial charge in [0.15, 0.2) is 9.84 Å². The standard InChI is InChI=1S/C10H19NO7S/c1-3-15-9(11)17-5-7-19(13,14)8-6-18-10(12)16-4-2/h11H,3-8H2,1-2H3. The van der Waals surface area contributed by atoms with Crippen LogP contribution in [0.3, 0.4) is 0 Å². The Morgan fingerprint density at radius 2 is 1.47 bits per heavy atom. The zero-order chi connectivity index (χ0) is 14.7. The van der Waals surface area contributed by atoms with E-state index in [1.165, 1.54) is 0 Å². The second-order valence-corrected chi connectivity index (χ2v) is 5.56. The summed E-state index contributed by atoms with van der Waals surface area (Å²) in [5.74, 6) is -0.605. The summed E-state index contributed by atoms with van der Waals surface area (Å²) in [6, 6.07) is 0. The summed E-state index contributed by atoms with van der Waals surface area (Å²) in [5.41, 5.74) is 0. The van der Waals surface area contributed by atoms with E-state index in [0.29, 0.717) is 0 Å². The molecule has 0 fully saturated rings. The highest BCUT2D eigenvalue weighted by Crippen LogP contribution is 1.94. The summed E-state index contributed by atoms with van der Waals surface area (Å²) in [4.78, 5) is 10.8. The lowest BCUT2D eigenvalue weighted by Crippen LogP contribution is -2.22. The molecule has 0 amide bonds. The first-order chi connectivity index (χ1) is 8.91. The monoisotopic (exact) mass is 297 g/mol. The Balaban J connectivity index is 3.81. The summed E-state index contributed by atoms with van der Waals surface area (Å²) in [7, 11) is -3.41. The van der Waals surface area contributed by atoms with Crippen molar-refractivity contribution >= 4 is 22.1 Å². The average molecular weight is 297 g/mol. The molecule has 0 aliphatic heterocycles. The lowest BCUT2D eigenvalue weighted by Gasteiger charge is -2.08. The van der Waals surface area contributed by atoms with Crippen LogP contribution < -0.4 is 0 Å². The number of sulfone groups is 1. The fourth-order valence-electron chi connectivity index (χ4n) is 0.948. The Labute approximate surface area is 112 Å². The molecule has 112 valence electrons. The predicted molar refractivity (Wildman–Crippen MR) is 66.9 cm³/mol. The molecule has 8 nitrogen and oxygen atoms in total. The van der Waals surface area contributed by atoms with Crippen molar-refractivity contribution < 1.29 is 32.2 Å². The molecule has 9 heteroatoms. The number of hydrogen-bond acceptors (Lipinski definition) is 8. The largest absolute Gasteiger partial charge is 0.508 e. The van der Waals surface area contributed by atoms with E-state index in [4.69, 9.17) is 10.1 Å². The minimum Gasteiger partial charge on any atom is -0.451 e. The Kier molecular flexibility index (Phi) is 8.68. The zero-order valence-corrected chi connectivity index (χ0v) is 11.8. The topological polar surface area (TPSA) is 112 Å². The first-order valence-electron chi connectivity index (χ1n) is 5.75. The van der Waals surface area contributed by atoms with Crippen LogP contribution in [-0.4, -0.2) is 58.6 Å². The maximum atomic E-state index is 11.5. The molecule has 0 bridgehead atoms. The third-order valence-electron chi connectivity index (χ3n) is 1.78. The Bertz CT molecular complexity index is 349. The molecule has 0 atom stereocenters. The van der Waals surface area contributed by atoms with Gasteiger partial charge >= 0.3 is 12.2 Å². The molecule has 0 aliphatic rings. The maximum absolute atomic E-state index is 11.5. The molecule has 0 aromatic rings. The van der Waals surface area contributed by atoms with Crippen molar-refractivity contribution in [3.63, 3.8) is 0 Å². The number of nitrogens with one attached hydrogen (secondary N) is 1. The quantitative estimate of drug-likeness (QED) is 0.396. The van der Waals surface area contributed by atoms with Gasteiger partial charge in [-0.05, 0) is 13.8 Å². The van der Waals surface area contributed by atoms with E-state index in [2.05, 4.69) is 14.2 Å². The molecular weight excluding hydrogens is 278 g/mol. The molecule has 0 spiro atoms. The molecule has 19 heavy (non-hydrogen) atoms. The van der Waals surface area contributed by atoms with Gasteiger partial charge in [0.2, 0.25) is 0 Å². The fourth-order valence-corrected chi connectivity index (χ4v) is 1.83. The van der Waals surface area contributed by atoms with Crippen molar-refractivity contribution in [3.8, 4) is 0 Å². The van der Waals surface area contributed by atoms with Crippen molar-refractivity contribution in [1.29, 1.82) is 5.41 Å². The minimum absolute atomic E-state index is 0.166. The SMILES string of the molecule is CCOC(=N)OCCS(=O)(=O)CCOC(=O)OCC. The predicted octanol–water partition coefficient (Wildman–Crippen LogP) is 0.562. The van der Waals surface area contributed by atoms with Gasteiger partial charge in [-0.2, -0.15) is 0 Å². The van der Waals surface area contributed by atoms with Crippen molar-refractivity contribution in [1.82, 2.24) is 0 Å². The van der Waals surface area contributed by atoms with E-state index in [0.717, 1.165) is 0 Å². The van der Waals surface area contributed by atoms with Crippen LogP contribution >= 0.6 is 0 Å². The molecule has 0 aromatic heterocycles. The third-order valence-corrected chi connectivity index (χ3v) is 3.36. The number of ether oxygens (including phenoxy) is 4. The first-order valence-corrected chi connectivity index (χ1v) is 7.57. The second-order valence-electron chi connectivity index (χ2n) is 3.25. The van der Waals surface area contributed by atoms with Gasteiger partial charge in [0.05, 0.1) is 24.7 Å². The molecule has 1 N–H and O–H groups in total. The van der Waals surface area contributed by atoms with Crippen LogP contribution in [0, 0.1) is 5.41 Å². The number of carbonyl (C=O) groups excluding carboxylic acids is 1. The van der Waals surface area contributed by atoms with Crippen molar-refractivity contribution in [2.45, 2.75) is 13.8 Å². The Morgan fingerprint density at radius 3 is 2.00 bits per heavy atom. The highest BCUT2D eigenvalue weighted by molar-refractivity contribution is 7.91. The molecule has 0 heterocycles. The van der Waals surface area contributed by atoms with Crippen molar-refractivity contribution in [3.05, 3.63) is 0 Å². The van der Waals surface area contributed by atoms with Crippen molar-refractivity contribution in [2.75, 3.05) is 37.9 Å². The molecular formula is C10H19NO7S. The zero-order valence-electron chi connectivity index (χ0n) is 11.0. The summed E-state index contributed by atoms with van der Waals surface area (Å²) >= 11 is 0. The Morgan fingerprint density at radius 1 is 0.947 bits per heavy atom. The highest BCUT2D eigenvalue weighted by atomic mass is 32.2. The van der Waals surface area contributed by atoms with Gasteiger partial charge in [-0.25, -0.2) is 18.6 Å². The smallest absolute Gasteiger partial charge is 0.451 e. The number of rotatable bonds is 8. The van der Waals surface area contributed by atoms with E-state index in [1.54, 1.807) is 13.8 Å². The van der Waals surface area contributed by atoms with Crippen LogP contribution in [0.4, 0.5) is 4.79 Å². The molecule has 0 radical (unpaired) electrons. The molecule has 0 aliphatic carbocycles. The van der Waals surface area contributed by atoms with E-state index >= 15 is 0 Å². The number of carbonyl (C=O) groups is 1. The maximum Gasteiger partial charge on any atom is 0.508 e. The van der Waals surface area contributed by atoms with E-state index in [1.807, 2.05) is 0 Å². The lowest BCUT2D eigenvalue weighted by atomic mass is 10.8. The van der Waals surface area contributed by atoms with Gasteiger partial charge in [0.25, 0.3) is 0 Å². The third kappa shape index (κ3) is 10.1. The van der Waals surface area contributed by atoms with Gasteiger partial charge in [0, 0.05) is 0 Å². The summed E-state index contributed by atoms with van der Waals surface area (Å²) in [5, 5.41) is 7.11. The molecule has 0 rings (SSSR count). The average Bonchev–Trinajstić information content (AvgIpc) is 2.29. The fraction of sp³-hybridized carbons (Fsp3) is 0.800. The molecule has 0 saturated carbocycles. The van der Waals surface area contributed by atoms with Crippen LogP contribution in [0.15, 0.2) is 0 Å². The van der Waals surface area contributed by atoms with Crippen LogP contribution in [0.1, 0.15) is 13.8 Å². The highest BCUT2D eigenvalue weighted by Gasteiger charge is 2.13. The minimum atomic E-state index is -3.41. The summed E-state index contributed by atoms with van der Waals surface area (Å²) in [6.07, 6.45) is -1.31. The van der Waals surface area contributed by atoms with Gasteiger partial charge in [-0.15, -0.1) is 0 Å². The molecule has 0 saturated heterocycles. The van der Waals surface area contributed by atoms with Crippen LogP contribution in [0.5, 0.6) is 0 Å². The van der Waals surface area contributed by atoms with Crippen molar-refractivity contribution in [2.24, 2.45) is 0 Å².